The lowest BCUT2D eigenvalue weighted by Crippen LogP contribution is -2.40. The van der Waals surface area contributed by atoms with E-state index >= 15 is 0 Å². The van der Waals surface area contributed by atoms with Gasteiger partial charge in [0.15, 0.2) is 19.8 Å². The molecule has 0 bridgehead atoms. The first-order valence-electron chi connectivity index (χ1n) is 18.9. The molecule has 0 aliphatic carbocycles. The smallest absolute Gasteiger partial charge is 0.343 e. The van der Waals surface area contributed by atoms with Crippen LogP contribution >= 0.6 is 0 Å². The first-order valence-corrected chi connectivity index (χ1v) is 21.8. The molecule has 296 valence electrons. The average Bonchev–Trinajstić information content (AvgIpc) is 3.18. The van der Waals surface area contributed by atoms with Crippen LogP contribution in [0.2, 0.25) is 18.1 Å². The van der Waals surface area contributed by atoms with E-state index in [1.807, 2.05) is 99.6 Å². The highest BCUT2D eigenvalue weighted by molar-refractivity contribution is 6.74. The van der Waals surface area contributed by atoms with Crippen molar-refractivity contribution in [1.82, 2.24) is 0 Å². The highest BCUT2D eigenvalue weighted by Crippen LogP contribution is 2.45. The van der Waals surface area contributed by atoms with Gasteiger partial charge in [0.2, 0.25) is 5.75 Å². The fraction of sp³-hybridized carbons (Fsp3) is 0.400. The zero-order valence-electron chi connectivity index (χ0n) is 34.2. The van der Waals surface area contributed by atoms with E-state index in [0.717, 1.165) is 28.2 Å². The van der Waals surface area contributed by atoms with Gasteiger partial charge in [-0.1, -0.05) is 75.4 Å². The van der Waals surface area contributed by atoms with Crippen molar-refractivity contribution in [2.45, 2.75) is 71.7 Å². The van der Waals surface area contributed by atoms with Crippen molar-refractivity contribution in [1.29, 1.82) is 0 Å². The number of ether oxygens (including phenoxy) is 7. The maximum absolute atomic E-state index is 14.0. The van der Waals surface area contributed by atoms with Gasteiger partial charge in [-0.3, -0.25) is 0 Å². The summed E-state index contributed by atoms with van der Waals surface area (Å²) in [7, 11) is 1.30. The van der Waals surface area contributed by atoms with E-state index in [0.29, 0.717) is 49.2 Å². The van der Waals surface area contributed by atoms with Crippen LogP contribution in [0.5, 0.6) is 28.7 Å². The van der Waals surface area contributed by atoms with Crippen molar-refractivity contribution in [3.05, 3.63) is 125 Å². The Morgan fingerprint density at radius 2 is 1.24 bits per heavy atom. The predicted molar refractivity (Wildman–Crippen MR) is 220 cm³/mol. The first kappa shape index (κ1) is 43.0. The molecule has 0 unspecified atom stereocenters. The molecule has 0 N–H and O–H groups in total. The number of esters is 1. The highest BCUT2D eigenvalue weighted by Gasteiger charge is 2.39. The Morgan fingerprint density at radius 1 is 0.709 bits per heavy atom. The molecule has 0 fully saturated rings. The van der Waals surface area contributed by atoms with Crippen LogP contribution < -0.4 is 23.7 Å². The molecular weight excluding hydrogens is 713 g/mol. The third-order valence-corrected chi connectivity index (χ3v) is 14.4. The van der Waals surface area contributed by atoms with Crippen LogP contribution in [-0.4, -0.2) is 61.5 Å². The van der Waals surface area contributed by atoms with Crippen LogP contribution in [0.15, 0.2) is 97.3 Å². The van der Waals surface area contributed by atoms with Crippen molar-refractivity contribution in [3.63, 3.8) is 0 Å². The summed E-state index contributed by atoms with van der Waals surface area (Å²) in [5.41, 5.74) is 2.50. The molecule has 4 aromatic carbocycles. The van der Waals surface area contributed by atoms with Crippen LogP contribution in [0.3, 0.4) is 0 Å². The maximum atomic E-state index is 14.0. The topological polar surface area (TPSA) is 90.9 Å². The summed E-state index contributed by atoms with van der Waals surface area (Å²) in [5, 5.41) is 0.0565. The molecule has 0 radical (unpaired) electrons. The molecule has 55 heavy (non-hydrogen) atoms. The van der Waals surface area contributed by atoms with E-state index in [1.165, 1.54) is 6.26 Å². The fourth-order valence-electron chi connectivity index (χ4n) is 5.99. The van der Waals surface area contributed by atoms with Crippen LogP contribution in [0, 0.1) is 0 Å². The molecule has 4 rings (SSSR count). The van der Waals surface area contributed by atoms with Gasteiger partial charge >= 0.3 is 5.97 Å². The molecule has 0 aliphatic heterocycles. The summed E-state index contributed by atoms with van der Waals surface area (Å²) in [5.74, 6) is 2.12. The van der Waals surface area contributed by atoms with Gasteiger partial charge in [0.05, 0.1) is 59.1 Å². The molecule has 0 spiro atoms. The maximum Gasteiger partial charge on any atom is 0.343 e. The van der Waals surface area contributed by atoms with Crippen molar-refractivity contribution in [3.8, 4) is 28.7 Å². The molecule has 0 heterocycles. The summed E-state index contributed by atoms with van der Waals surface area (Å²) >= 11 is 0. The van der Waals surface area contributed by atoms with Crippen LogP contribution in [-0.2, 0) is 25.9 Å². The second-order valence-corrected chi connectivity index (χ2v) is 19.1. The summed E-state index contributed by atoms with van der Waals surface area (Å²) in [4.78, 5) is 14.0. The minimum atomic E-state index is -1.98. The molecule has 9 nitrogen and oxygen atoms in total. The lowest BCUT2D eigenvalue weighted by molar-refractivity contribution is 0.0143. The predicted octanol–water partition coefficient (Wildman–Crippen LogP) is 10.1. The SMILES string of the molecule is CCOc1cc(C(=O)OC=CCO[Si](C)(C)C(C)(C)C)c(CCOC(c2ccccc2)(c2ccc(OC)cc2)c2ccc(OC)cc2)c(OCC)c1OCC. The van der Waals surface area contributed by atoms with E-state index in [-0.39, 0.29) is 23.6 Å². The normalized spacial score (nSPS) is 12.0. The van der Waals surface area contributed by atoms with Gasteiger partial charge in [-0.25, -0.2) is 4.79 Å². The van der Waals surface area contributed by atoms with Gasteiger partial charge in [-0.05, 0) is 92.0 Å². The van der Waals surface area contributed by atoms with Crippen molar-refractivity contribution >= 4 is 14.3 Å². The zero-order chi connectivity index (χ0) is 40.1. The summed E-state index contributed by atoms with van der Waals surface area (Å²) in [6.07, 6.45) is 3.38. The highest BCUT2D eigenvalue weighted by atomic mass is 28.4. The van der Waals surface area contributed by atoms with Gasteiger partial charge in [-0.15, -0.1) is 0 Å². The first-order chi connectivity index (χ1) is 26.4. The Morgan fingerprint density at radius 3 is 1.75 bits per heavy atom. The largest absolute Gasteiger partial charge is 0.497 e. The van der Waals surface area contributed by atoms with Crippen molar-refractivity contribution in [2.24, 2.45) is 0 Å². The monoisotopic (exact) mass is 770 g/mol. The lowest BCUT2D eigenvalue weighted by atomic mass is 9.80. The number of hydrogen-bond donors (Lipinski definition) is 0. The van der Waals surface area contributed by atoms with Crippen LogP contribution in [0.4, 0.5) is 0 Å². The third kappa shape index (κ3) is 10.3. The lowest BCUT2D eigenvalue weighted by Gasteiger charge is -2.36. The summed E-state index contributed by atoms with van der Waals surface area (Å²) in [6.45, 7) is 18.1. The number of benzene rings is 4. The van der Waals surface area contributed by atoms with E-state index < -0.39 is 19.9 Å². The Kier molecular flexibility index (Phi) is 15.4. The Labute approximate surface area is 328 Å². The number of methoxy groups -OCH3 is 2. The van der Waals surface area contributed by atoms with E-state index in [1.54, 1.807) is 26.4 Å². The molecule has 0 amide bonds. The standard InChI is InChI=1S/C45H58O9Si/c1-11-49-40-32-39(43(46)52-29-17-30-54-55(9,10)44(4,5)6)38(41(50-12-2)42(40)51-13-3)28-31-53-45(33-18-15-14-16-19-33,34-20-24-36(47-7)25-21-34)35-22-26-37(48-8)27-23-35/h14-27,29,32H,11-13,28,30-31H2,1-10H3. The molecule has 10 heteroatoms. The molecule has 0 saturated carbocycles. The van der Waals surface area contributed by atoms with Gasteiger partial charge in [0, 0.05) is 12.0 Å². The molecule has 0 saturated heterocycles. The minimum absolute atomic E-state index is 0.0565. The van der Waals surface area contributed by atoms with Gasteiger partial charge < -0.3 is 37.6 Å². The van der Waals surface area contributed by atoms with E-state index in [9.17, 15) is 4.79 Å². The number of carbonyl (C=O) groups excluding carboxylic acids is 1. The third-order valence-electron chi connectivity index (χ3n) is 9.86. The summed E-state index contributed by atoms with van der Waals surface area (Å²) < 4.78 is 48.6. The van der Waals surface area contributed by atoms with Gasteiger partial charge in [-0.2, -0.15) is 0 Å². The fourth-order valence-corrected chi connectivity index (χ4v) is 6.94. The molecular formula is C45H58O9Si. The molecule has 0 atom stereocenters. The molecule has 4 aromatic rings. The molecule has 0 aliphatic rings. The van der Waals surface area contributed by atoms with Gasteiger partial charge in [0.1, 0.15) is 17.1 Å². The minimum Gasteiger partial charge on any atom is -0.497 e. The van der Waals surface area contributed by atoms with Crippen LogP contribution in [0.1, 0.15) is 74.2 Å². The zero-order valence-corrected chi connectivity index (χ0v) is 35.2. The van der Waals surface area contributed by atoms with Gasteiger partial charge in [0.25, 0.3) is 0 Å². The number of carbonyl (C=O) groups is 1. The quantitative estimate of drug-likeness (QED) is 0.0377. The molecule has 0 aromatic heterocycles. The average molecular weight is 771 g/mol. The second kappa shape index (κ2) is 19.7. The number of rotatable bonds is 20. The van der Waals surface area contributed by atoms with E-state index in [2.05, 4.69) is 33.9 Å². The Hall–Kier alpha value is -4.77. The van der Waals surface area contributed by atoms with Crippen LogP contribution in [0.25, 0.3) is 0 Å². The van der Waals surface area contributed by atoms with E-state index in [4.69, 9.17) is 37.6 Å². The second-order valence-electron chi connectivity index (χ2n) is 14.3. The van der Waals surface area contributed by atoms with Crippen molar-refractivity contribution < 1.29 is 42.4 Å². The summed E-state index contributed by atoms with van der Waals surface area (Å²) in [6, 6.07) is 27.5. The van der Waals surface area contributed by atoms with Crippen molar-refractivity contribution in [2.75, 3.05) is 47.3 Å². The Bertz CT molecular complexity index is 1780. The Balaban J connectivity index is 1.80. The number of hydrogen-bond acceptors (Lipinski definition) is 9.